The van der Waals surface area contributed by atoms with Gasteiger partial charge >= 0.3 is 6.03 Å². The third-order valence-corrected chi connectivity index (χ3v) is 6.14. The van der Waals surface area contributed by atoms with Gasteiger partial charge in [-0.2, -0.15) is 0 Å². The van der Waals surface area contributed by atoms with Gasteiger partial charge in [0.05, 0.1) is 18.7 Å². The first-order valence-corrected chi connectivity index (χ1v) is 11.4. The van der Waals surface area contributed by atoms with E-state index in [1.807, 2.05) is 49.4 Å². The molecule has 0 radical (unpaired) electrons. The number of anilines is 1. The number of allylic oxidation sites excluding steroid dienone is 1. The molecule has 0 spiro atoms. The molecule has 1 unspecified atom stereocenters. The van der Waals surface area contributed by atoms with Crippen LogP contribution in [0.4, 0.5) is 10.5 Å². The maximum absolute atomic E-state index is 13.3. The molecular weight excluding hydrogens is 466 g/mol. The predicted octanol–water partition coefficient (Wildman–Crippen LogP) is 5.50. The van der Waals surface area contributed by atoms with Gasteiger partial charge in [-0.1, -0.05) is 54.1 Å². The Hall–Kier alpha value is -3.97. The molecule has 1 aliphatic rings. The number of halogens is 1. The van der Waals surface area contributed by atoms with Crippen molar-refractivity contribution in [3.63, 3.8) is 0 Å². The number of carbonyl (C=O) groups is 2. The summed E-state index contributed by atoms with van der Waals surface area (Å²) in [5.41, 5.74) is 4.04. The van der Waals surface area contributed by atoms with Crippen molar-refractivity contribution in [2.24, 2.45) is 0 Å². The number of hydrogen-bond acceptors (Lipinski definition) is 4. The minimum Gasteiger partial charge on any atom is -0.493 e. The highest BCUT2D eigenvalue weighted by atomic mass is 35.5. The van der Waals surface area contributed by atoms with E-state index in [4.69, 9.17) is 21.1 Å². The van der Waals surface area contributed by atoms with E-state index >= 15 is 0 Å². The van der Waals surface area contributed by atoms with Crippen molar-refractivity contribution in [2.45, 2.75) is 26.5 Å². The van der Waals surface area contributed by atoms with Crippen molar-refractivity contribution in [3.8, 4) is 11.5 Å². The van der Waals surface area contributed by atoms with Gasteiger partial charge in [0.2, 0.25) is 0 Å². The summed E-state index contributed by atoms with van der Waals surface area (Å²) in [6.45, 7) is 3.89. The molecular formula is C27H26ClN3O4. The molecule has 0 aliphatic carbocycles. The number of para-hydroxylation sites is 1. The lowest BCUT2D eigenvalue weighted by Crippen LogP contribution is -2.46. The van der Waals surface area contributed by atoms with Crippen molar-refractivity contribution in [1.82, 2.24) is 10.6 Å². The number of hydrogen-bond donors (Lipinski definition) is 3. The SMILES string of the molecule is COc1cc(C2NC(=O)NC(C)=C2C(=O)Nc2ccccc2C)ccc1OCc1ccccc1Cl. The highest BCUT2D eigenvalue weighted by molar-refractivity contribution is 6.31. The molecule has 7 nitrogen and oxygen atoms in total. The zero-order valence-electron chi connectivity index (χ0n) is 19.6. The predicted molar refractivity (Wildman–Crippen MR) is 136 cm³/mol. The lowest BCUT2D eigenvalue weighted by molar-refractivity contribution is -0.113. The molecule has 1 heterocycles. The van der Waals surface area contributed by atoms with Crippen LogP contribution in [0.25, 0.3) is 0 Å². The van der Waals surface area contributed by atoms with E-state index in [-0.39, 0.29) is 12.5 Å². The number of nitrogens with one attached hydrogen (secondary N) is 3. The smallest absolute Gasteiger partial charge is 0.319 e. The zero-order chi connectivity index (χ0) is 24.9. The molecule has 3 aromatic rings. The maximum atomic E-state index is 13.3. The standard InChI is InChI=1S/C27H26ClN3O4/c1-16-8-4-7-11-21(16)30-26(32)24-17(2)29-27(33)31-25(24)18-12-13-22(23(14-18)34-3)35-15-19-9-5-6-10-20(19)28/h4-14,25H,15H2,1-3H3,(H,30,32)(H2,29,31,33). The fourth-order valence-corrected chi connectivity index (χ4v) is 4.09. The Morgan fingerprint density at radius 1 is 1.03 bits per heavy atom. The Balaban J connectivity index is 1.61. The Morgan fingerprint density at radius 2 is 1.77 bits per heavy atom. The number of carbonyl (C=O) groups excluding carboxylic acids is 2. The van der Waals surface area contributed by atoms with E-state index < -0.39 is 12.1 Å². The van der Waals surface area contributed by atoms with E-state index in [9.17, 15) is 9.59 Å². The van der Waals surface area contributed by atoms with Crippen LogP contribution in [0, 0.1) is 6.92 Å². The normalized spacial score (nSPS) is 15.2. The average Bonchev–Trinajstić information content (AvgIpc) is 2.84. The lowest BCUT2D eigenvalue weighted by Gasteiger charge is -2.29. The number of aryl methyl sites for hydroxylation is 1. The van der Waals surface area contributed by atoms with Gasteiger partial charge in [0.25, 0.3) is 5.91 Å². The number of ether oxygens (including phenoxy) is 2. The van der Waals surface area contributed by atoms with Gasteiger partial charge in [-0.15, -0.1) is 0 Å². The summed E-state index contributed by atoms with van der Waals surface area (Å²) in [6, 6.07) is 19.2. The monoisotopic (exact) mass is 491 g/mol. The van der Waals surface area contributed by atoms with Crippen LogP contribution in [-0.4, -0.2) is 19.0 Å². The quantitative estimate of drug-likeness (QED) is 0.407. The van der Waals surface area contributed by atoms with Crippen molar-refractivity contribution in [1.29, 1.82) is 0 Å². The van der Waals surface area contributed by atoms with Crippen LogP contribution in [0.2, 0.25) is 5.02 Å². The van der Waals surface area contributed by atoms with Crippen molar-refractivity contribution >= 4 is 29.2 Å². The molecule has 180 valence electrons. The number of methoxy groups -OCH3 is 1. The molecule has 4 rings (SSSR count). The fraction of sp³-hybridized carbons (Fsp3) is 0.185. The molecule has 0 saturated heterocycles. The van der Waals surface area contributed by atoms with Gasteiger partial charge in [-0.05, 0) is 49.2 Å². The summed E-state index contributed by atoms with van der Waals surface area (Å²) in [5, 5.41) is 9.11. The summed E-state index contributed by atoms with van der Waals surface area (Å²) >= 11 is 6.23. The van der Waals surface area contributed by atoms with Crippen LogP contribution in [0.5, 0.6) is 11.5 Å². The van der Waals surface area contributed by atoms with Gasteiger partial charge < -0.3 is 25.4 Å². The van der Waals surface area contributed by atoms with Gasteiger partial charge in [-0.25, -0.2) is 4.79 Å². The van der Waals surface area contributed by atoms with Crippen LogP contribution in [0.15, 0.2) is 78.0 Å². The van der Waals surface area contributed by atoms with E-state index in [2.05, 4.69) is 16.0 Å². The largest absolute Gasteiger partial charge is 0.493 e. The van der Waals surface area contributed by atoms with Gasteiger partial charge in [0, 0.05) is 22.0 Å². The summed E-state index contributed by atoms with van der Waals surface area (Å²) in [4.78, 5) is 25.6. The summed E-state index contributed by atoms with van der Waals surface area (Å²) in [5.74, 6) is 0.675. The summed E-state index contributed by atoms with van der Waals surface area (Å²) in [7, 11) is 1.54. The van der Waals surface area contributed by atoms with E-state index in [0.29, 0.717) is 39.0 Å². The number of urea groups is 1. The molecule has 0 aromatic heterocycles. The molecule has 0 fully saturated rings. The highest BCUT2D eigenvalue weighted by Crippen LogP contribution is 2.35. The summed E-state index contributed by atoms with van der Waals surface area (Å²) < 4.78 is 11.5. The fourth-order valence-electron chi connectivity index (χ4n) is 3.90. The molecule has 35 heavy (non-hydrogen) atoms. The topological polar surface area (TPSA) is 88.7 Å². The van der Waals surface area contributed by atoms with Crippen LogP contribution >= 0.6 is 11.6 Å². The van der Waals surface area contributed by atoms with Gasteiger partial charge in [0.15, 0.2) is 11.5 Å². The molecule has 1 aliphatic heterocycles. The van der Waals surface area contributed by atoms with Crippen molar-refractivity contribution in [3.05, 3.63) is 99.7 Å². The number of rotatable bonds is 7. The minimum atomic E-state index is -0.681. The second-order valence-electron chi connectivity index (χ2n) is 8.13. The first-order valence-electron chi connectivity index (χ1n) is 11.1. The Kier molecular flexibility index (Phi) is 7.27. The summed E-state index contributed by atoms with van der Waals surface area (Å²) in [6.07, 6.45) is 0. The van der Waals surface area contributed by atoms with Crippen LogP contribution in [0.3, 0.4) is 0 Å². The molecule has 1 atom stereocenters. The van der Waals surface area contributed by atoms with Gasteiger partial charge in [-0.3, -0.25) is 4.79 Å². The lowest BCUT2D eigenvalue weighted by atomic mass is 9.94. The zero-order valence-corrected chi connectivity index (χ0v) is 20.4. The minimum absolute atomic E-state index is 0.266. The Morgan fingerprint density at radius 3 is 2.51 bits per heavy atom. The Bertz CT molecular complexity index is 1310. The second-order valence-corrected chi connectivity index (χ2v) is 8.54. The van der Waals surface area contributed by atoms with E-state index in [0.717, 1.165) is 11.1 Å². The molecule has 3 N–H and O–H groups in total. The third-order valence-electron chi connectivity index (χ3n) is 5.77. The second kappa shape index (κ2) is 10.5. The molecule has 3 aromatic carbocycles. The van der Waals surface area contributed by atoms with Crippen molar-refractivity contribution in [2.75, 3.05) is 12.4 Å². The van der Waals surface area contributed by atoms with Crippen LogP contribution < -0.4 is 25.4 Å². The molecule has 3 amide bonds. The maximum Gasteiger partial charge on any atom is 0.319 e. The van der Waals surface area contributed by atoms with Crippen molar-refractivity contribution < 1.29 is 19.1 Å². The van der Waals surface area contributed by atoms with Crippen LogP contribution in [-0.2, 0) is 11.4 Å². The first-order chi connectivity index (χ1) is 16.9. The third kappa shape index (κ3) is 5.41. The van der Waals surface area contributed by atoms with E-state index in [1.165, 1.54) is 7.11 Å². The molecule has 0 saturated carbocycles. The molecule has 0 bridgehead atoms. The number of benzene rings is 3. The average molecular weight is 492 g/mol. The van der Waals surface area contributed by atoms with Gasteiger partial charge in [0.1, 0.15) is 6.61 Å². The first kappa shape index (κ1) is 24.2. The van der Waals surface area contributed by atoms with Crippen LogP contribution in [0.1, 0.15) is 29.7 Å². The molecule has 8 heteroatoms. The van der Waals surface area contributed by atoms with E-state index in [1.54, 1.807) is 31.2 Å². The Labute approximate surface area is 209 Å². The number of amides is 3. The highest BCUT2D eigenvalue weighted by Gasteiger charge is 2.32.